The van der Waals surface area contributed by atoms with Crippen LogP contribution in [0.1, 0.15) is 11.3 Å². The van der Waals surface area contributed by atoms with Gasteiger partial charge >= 0.3 is 0 Å². The minimum absolute atomic E-state index is 0.539. The molecule has 0 atom stereocenters. The van der Waals surface area contributed by atoms with Crippen molar-refractivity contribution in [2.75, 3.05) is 7.11 Å². The Kier molecular flexibility index (Phi) is 3.57. The van der Waals surface area contributed by atoms with Gasteiger partial charge in [0.15, 0.2) is 0 Å². The van der Waals surface area contributed by atoms with Gasteiger partial charge in [-0.1, -0.05) is 24.3 Å². The van der Waals surface area contributed by atoms with E-state index in [2.05, 4.69) is 42.8 Å². The number of nitrogens with zero attached hydrogens (tertiary/aromatic N) is 1. The Morgan fingerprint density at radius 2 is 1.76 bits per heavy atom. The Morgan fingerprint density at radius 1 is 1.00 bits per heavy atom. The van der Waals surface area contributed by atoms with Crippen LogP contribution in [0, 0.1) is 6.92 Å². The first-order valence-corrected chi connectivity index (χ1v) is 7.00. The molecule has 108 valence electrons. The van der Waals surface area contributed by atoms with E-state index in [9.17, 15) is 0 Å². The average molecular weight is 281 g/mol. The van der Waals surface area contributed by atoms with E-state index >= 15 is 0 Å². The van der Waals surface area contributed by atoms with Crippen molar-refractivity contribution in [1.82, 2.24) is 4.57 Å². The topological polar surface area (TPSA) is 23.4 Å². The van der Waals surface area contributed by atoms with Crippen LogP contribution in [0.5, 0.6) is 11.5 Å². The molecule has 0 amide bonds. The van der Waals surface area contributed by atoms with Crippen molar-refractivity contribution in [1.29, 1.82) is 0 Å². The summed E-state index contributed by atoms with van der Waals surface area (Å²) in [5.74, 6) is 1.62. The lowest BCUT2D eigenvalue weighted by Gasteiger charge is -2.09. The molecule has 1 heterocycles. The Hall–Kier alpha value is -2.42. The predicted octanol–water partition coefficient (Wildman–Crippen LogP) is 4.07. The maximum atomic E-state index is 5.88. The molecule has 0 aliphatic carbocycles. The van der Waals surface area contributed by atoms with Crippen LogP contribution in [-0.4, -0.2) is 11.7 Å². The van der Waals surface area contributed by atoms with Crippen LogP contribution < -0.4 is 9.47 Å². The third kappa shape index (κ3) is 2.59. The molecule has 0 bridgehead atoms. The SMILES string of the molecule is COc1cccc(OCc2cc3cccc(C)c3n2C)c1. The number of ether oxygens (including phenoxy) is 2. The summed E-state index contributed by atoms with van der Waals surface area (Å²) in [6.07, 6.45) is 0. The number of hydrogen-bond donors (Lipinski definition) is 0. The molecule has 0 fully saturated rings. The number of aryl methyl sites for hydroxylation is 2. The zero-order valence-electron chi connectivity index (χ0n) is 12.6. The smallest absolute Gasteiger partial charge is 0.128 e. The highest BCUT2D eigenvalue weighted by molar-refractivity contribution is 5.84. The van der Waals surface area contributed by atoms with Crippen LogP contribution in [0.25, 0.3) is 10.9 Å². The Bertz CT molecular complexity index is 774. The van der Waals surface area contributed by atoms with Gasteiger partial charge in [0.05, 0.1) is 18.3 Å². The van der Waals surface area contributed by atoms with Crippen molar-refractivity contribution in [2.45, 2.75) is 13.5 Å². The number of methoxy groups -OCH3 is 1. The molecule has 2 aromatic carbocycles. The number of aromatic nitrogens is 1. The Labute approximate surface area is 124 Å². The maximum Gasteiger partial charge on any atom is 0.128 e. The second-order valence-corrected chi connectivity index (χ2v) is 5.18. The number of rotatable bonds is 4. The lowest BCUT2D eigenvalue weighted by Crippen LogP contribution is -2.02. The van der Waals surface area contributed by atoms with E-state index in [4.69, 9.17) is 9.47 Å². The molecule has 0 radical (unpaired) electrons. The van der Waals surface area contributed by atoms with E-state index in [1.165, 1.54) is 16.5 Å². The highest BCUT2D eigenvalue weighted by atomic mass is 16.5. The number of fused-ring (bicyclic) bond motifs is 1. The van der Waals surface area contributed by atoms with E-state index in [-0.39, 0.29) is 0 Å². The first-order chi connectivity index (χ1) is 10.2. The van der Waals surface area contributed by atoms with Crippen molar-refractivity contribution in [3.63, 3.8) is 0 Å². The van der Waals surface area contributed by atoms with Crippen molar-refractivity contribution in [2.24, 2.45) is 7.05 Å². The van der Waals surface area contributed by atoms with Crippen molar-refractivity contribution >= 4 is 10.9 Å². The standard InChI is InChI=1S/C18H19NO2/c1-13-6-4-7-14-10-15(19(2)18(13)14)12-21-17-9-5-8-16(11-17)20-3/h4-11H,12H2,1-3H3. The van der Waals surface area contributed by atoms with Crippen molar-refractivity contribution < 1.29 is 9.47 Å². The molecule has 0 unspecified atom stereocenters. The molecule has 0 aliphatic rings. The van der Waals surface area contributed by atoms with Gasteiger partial charge in [-0.25, -0.2) is 0 Å². The lowest BCUT2D eigenvalue weighted by atomic mass is 10.2. The fourth-order valence-electron chi connectivity index (χ4n) is 2.66. The monoisotopic (exact) mass is 281 g/mol. The maximum absolute atomic E-state index is 5.88. The van der Waals surface area contributed by atoms with Gasteiger partial charge in [0.1, 0.15) is 18.1 Å². The number of benzene rings is 2. The van der Waals surface area contributed by atoms with Crippen LogP contribution in [0.15, 0.2) is 48.5 Å². The summed E-state index contributed by atoms with van der Waals surface area (Å²) >= 11 is 0. The summed E-state index contributed by atoms with van der Waals surface area (Å²) in [5, 5.41) is 1.25. The molecule has 3 heteroatoms. The largest absolute Gasteiger partial charge is 0.497 e. The fourth-order valence-corrected chi connectivity index (χ4v) is 2.66. The molecular formula is C18H19NO2. The zero-order chi connectivity index (χ0) is 14.8. The fraction of sp³-hybridized carbons (Fsp3) is 0.222. The van der Waals surface area contributed by atoms with Gasteiger partial charge in [0.25, 0.3) is 0 Å². The average Bonchev–Trinajstić information content (AvgIpc) is 2.83. The van der Waals surface area contributed by atoms with E-state index < -0.39 is 0 Å². The second-order valence-electron chi connectivity index (χ2n) is 5.18. The first-order valence-electron chi connectivity index (χ1n) is 7.00. The van der Waals surface area contributed by atoms with Gasteiger partial charge < -0.3 is 14.0 Å². The molecule has 3 aromatic rings. The molecular weight excluding hydrogens is 262 g/mol. The van der Waals surface area contributed by atoms with Gasteiger partial charge in [0, 0.05) is 18.5 Å². The molecule has 1 aromatic heterocycles. The van der Waals surface area contributed by atoms with Crippen molar-refractivity contribution in [3.8, 4) is 11.5 Å². The molecule has 0 saturated heterocycles. The van der Waals surface area contributed by atoms with Gasteiger partial charge in [-0.2, -0.15) is 0 Å². The normalized spacial score (nSPS) is 10.8. The summed E-state index contributed by atoms with van der Waals surface area (Å²) in [4.78, 5) is 0. The third-order valence-corrected chi connectivity index (χ3v) is 3.79. The van der Waals surface area contributed by atoms with Crippen LogP contribution in [-0.2, 0) is 13.7 Å². The predicted molar refractivity (Wildman–Crippen MR) is 85.0 cm³/mol. The highest BCUT2D eigenvalue weighted by Gasteiger charge is 2.08. The summed E-state index contributed by atoms with van der Waals surface area (Å²) in [7, 11) is 3.74. The second kappa shape index (κ2) is 5.52. The first kappa shape index (κ1) is 13.6. The number of para-hydroxylation sites is 1. The van der Waals surface area contributed by atoms with Gasteiger partial charge in [-0.15, -0.1) is 0 Å². The molecule has 0 spiro atoms. The molecule has 21 heavy (non-hydrogen) atoms. The van der Waals surface area contributed by atoms with Crippen LogP contribution >= 0.6 is 0 Å². The molecule has 3 rings (SSSR count). The molecule has 0 saturated carbocycles. The minimum Gasteiger partial charge on any atom is -0.497 e. The lowest BCUT2D eigenvalue weighted by molar-refractivity contribution is 0.295. The zero-order valence-corrected chi connectivity index (χ0v) is 12.6. The van der Waals surface area contributed by atoms with Gasteiger partial charge in [-0.3, -0.25) is 0 Å². The Morgan fingerprint density at radius 3 is 2.52 bits per heavy atom. The summed E-state index contributed by atoms with van der Waals surface area (Å²) in [6, 6.07) is 16.2. The van der Waals surface area contributed by atoms with Crippen LogP contribution in [0.3, 0.4) is 0 Å². The third-order valence-electron chi connectivity index (χ3n) is 3.79. The Balaban J connectivity index is 1.85. The van der Waals surface area contributed by atoms with Gasteiger partial charge in [0.2, 0.25) is 0 Å². The number of hydrogen-bond acceptors (Lipinski definition) is 2. The van der Waals surface area contributed by atoms with Crippen LogP contribution in [0.4, 0.5) is 0 Å². The quantitative estimate of drug-likeness (QED) is 0.719. The van der Waals surface area contributed by atoms with Crippen LogP contribution in [0.2, 0.25) is 0 Å². The van der Waals surface area contributed by atoms with E-state index in [0.717, 1.165) is 17.2 Å². The van der Waals surface area contributed by atoms with E-state index in [0.29, 0.717) is 6.61 Å². The molecule has 0 aliphatic heterocycles. The van der Waals surface area contributed by atoms with Gasteiger partial charge in [-0.05, 0) is 30.7 Å². The molecule has 0 N–H and O–H groups in total. The summed E-state index contributed by atoms with van der Waals surface area (Å²) in [5.41, 5.74) is 3.70. The summed E-state index contributed by atoms with van der Waals surface area (Å²) < 4.78 is 13.3. The van der Waals surface area contributed by atoms with E-state index in [1.54, 1.807) is 7.11 Å². The summed E-state index contributed by atoms with van der Waals surface area (Å²) in [6.45, 7) is 2.67. The highest BCUT2D eigenvalue weighted by Crippen LogP contribution is 2.24. The van der Waals surface area contributed by atoms with E-state index in [1.807, 2.05) is 24.3 Å². The molecule has 3 nitrogen and oxygen atoms in total. The minimum atomic E-state index is 0.539. The van der Waals surface area contributed by atoms with Crippen molar-refractivity contribution in [3.05, 3.63) is 59.8 Å².